The highest BCUT2D eigenvalue weighted by Gasteiger charge is 2.23. The quantitative estimate of drug-likeness (QED) is 0.751. The first kappa shape index (κ1) is 15.9. The van der Waals surface area contributed by atoms with E-state index in [1.54, 1.807) is 0 Å². The van der Waals surface area contributed by atoms with Crippen LogP contribution in [0.5, 0.6) is 0 Å². The fourth-order valence-electron chi connectivity index (χ4n) is 2.34. The first-order valence-corrected chi connectivity index (χ1v) is 7.67. The molecule has 2 unspecified atom stereocenters. The van der Waals surface area contributed by atoms with E-state index in [9.17, 15) is 0 Å². The Kier molecular flexibility index (Phi) is 7.19. The Balaban J connectivity index is 2.75. The summed E-state index contributed by atoms with van der Waals surface area (Å²) >= 11 is 2.34. The molecule has 3 heteroatoms. The maximum atomic E-state index is 5.66. The highest BCUT2D eigenvalue weighted by Crippen LogP contribution is 2.16. The van der Waals surface area contributed by atoms with Gasteiger partial charge >= 0.3 is 0 Å². The van der Waals surface area contributed by atoms with Crippen molar-refractivity contribution >= 4 is 22.6 Å². The van der Waals surface area contributed by atoms with Crippen LogP contribution >= 0.6 is 22.6 Å². The minimum atomic E-state index is 0.254. The van der Waals surface area contributed by atoms with Gasteiger partial charge in [-0.3, -0.25) is 0 Å². The summed E-state index contributed by atoms with van der Waals surface area (Å²) in [6.07, 6.45) is 1.27. The molecule has 1 N–H and O–H groups in total. The maximum Gasteiger partial charge on any atom is 0.0750 e. The molecule has 2 atom stereocenters. The molecule has 0 heterocycles. The lowest BCUT2D eigenvalue weighted by molar-refractivity contribution is 0.0337. The minimum Gasteiger partial charge on any atom is -0.380 e. The third-order valence-corrected chi connectivity index (χ3v) is 3.88. The highest BCUT2D eigenvalue weighted by molar-refractivity contribution is 14.1. The molecule has 1 aromatic rings. The molecule has 0 aromatic heterocycles. The molecule has 0 saturated heterocycles. The lowest BCUT2D eigenvalue weighted by Crippen LogP contribution is -2.45. The van der Waals surface area contributed by atoms with Gasteiger partial charge in [0, 0.05) is 16.7 Å². The third kappa shape index (κ3) is 4.86. The number of ether oxygens (including phenoxy) is 1. The van der Waals surface area contributed by atoms with Crippen molar-refractivity contribution in [1.82, 2.24) is 5.32 Å². The standard InChI is InChI=1S/C15H24INO/c1-5-17-14(15(18-4)11(2)3)10-12-6-8-13(16)9-7-12/h6-9,11,14-15,17H,5,10H2,1-4H3. The summed E-state index contributed by atoms with van der Waals surface area (Å²) in [7, 11) is 1.81. The topological polar surface area (TPSA) is 21.3 Å². The SMILES string of the molecule is CCNC(Cc1ccc(I)cc1)C(OC)C(C)C. The Labute approximate surface area is 125 Å². The number of hydrogen-bond acceptors (Lipinski definition) is 2. The predicted molar refractivity (Wildman–Crippen MR) is 86.0 cm³/mol. The zero-order valence-electron chi connectivity index (χ0n) is 11.7. The van der Waals surface area contributed by atoms with Gasteiger partial charge in [-0.25, -0.2) is 0 Å². The van der Waals surface area contributed by atoms with E-state index in [0.717, 1.165) is 13.0 Å². The monoisotopic (exact) mass is 361 g/mol. The largest absolute Gasteiger partial charge is 0.380 e. The maximum absolute atomic E-state index is 5.66. The molecule has 2 nitrogen and oxygen atoms in total. The van der Waals surface area contributed by atoms with Crippen molar-refractivity contribution in [1.29, 1.82) is 0 Å². The van der Waals surface area contributed by atoms with Crippen molar-refractivity contribution in [3.63, 3.8) is 0 Å². The molecular formula is C15H24INO. The second kappa shape index (κ2) is 8.12. The van der Waals surface area contributed by atoms with E-state index in [0.29, 0.717) is 12.0 Å². The van der Waals surface area contributed by atoms with Gasteiger partial charge in [-0.1, -0.05) is 32.9 Å². The predicted octanol–water partition coefficient (Wildman–Crippen LogP) is 3.48. The van der Waals surface area contributed by atoms with Crippen LogP contribution in [0.2, 0.25) is 0 Å². The Hall–Kier alpha value is -0.130. The summed E-state index contributed by atoms with van der Waals surface area (Å²) in [5.41, 5.74) is 1.36. The first-order valence-electron chi connectivity index (χ1n) is 6.59. The Morgan fingerprint density at radius 3 is 2.28 bits per heavy atom. The smallest absolute Gasteiger partial charge is 0.0750 e. The average molecular weight is 361 g/mol. The van der Waals surface area contributed by atoms with E-state index < -0.39 is 0 Å². The van der Waals surface area contributed by atoms with E-state index in [1.165, 1.54) is 9.13 Å². The molecule has 0 bridgehead atoms. The Morgan fingerprint density at radius 2 is 1.83 bits per heavy atom. The van der Waals surface area contributed by atoms with Crippen LogP contribution in [0, 0.1) is 9.49 Å². The third-order valence-electron chi connectivity index (χ3n) is 3.16. The van der Waals surface area contributed by atoms with Crippen LogP contribution in [0.3, 0.4) is 0 Å². The molecule has 0 aliphatic heterocycles. The van der Waals surface area contributed by atoms with Gasteiger partial charge in [-0.15, -0.1) is 0 Å². The van der Waals surface area contributed by atoms with Gasteiger partial charge in [0.25, 0.3) is 0 Å². The van der Waals surface area contributed by atoms with Crippen molar-refractivity contribution in [3.05, 3.63) is 33.4 Å². The minimum absolute atomic E-state index is 0.254. The molecule has 0 spiro atoms. The van der Waals surface area contributed by atoms with Gasteiger partial charge in [0.1, 0.15) is 0 Å². The lowest BCUT2D eigenvalue weighted by Gasteiger charge is -2.29. The molecule has 1 rings (SSSR count). The summed E-state index contributed by atoms with van der Waals surface area (Å²) in [6, 6.07) is 9.12. The number of rotatable bonds is 7. The molecule has 0 aliphatic carbocycles. The number of halogens is 1. The second-order valence-corrected chi connectivity index (χ2v) is 6.18. The second-order valence-electron chi connectivity index (χ2n) is 4.94. The van der Waals surface area contributed by atoms with Crippen LogP contribution in [-0.2, 0) is 11.2 Å². The summed E-state index contributed by atoms with van der Waals surface area (Å²) in [5, 5.41) is 3.55. The van der Waals surface area contributed by atoms with Gasteiger partial charge in [0.2, 0.25) is 0 Å². The summed E-state index contributed by atoms with van der Waals surface area (Å²) in [4.78, 5) is 0. The van der Waals surface area contributed by atoms with Gasteiger partial charge in [-0.2, -0.15) is 0 Å². The van der Waals surface area contributed by atoms with E-state index in [2.05, 4.69) is 72.9 Å². The van der Waals surface area contributed by atoms with Crippen LogP contribution in [0.4, 0.5) is 0 Å². The normalized spacial score (nSPS) is 14.8. The van der Waals surface area contributed by atoms with Crippen LogP contribution in [-0.4, -0.2) is 25.8 Å². The number of benzene rings is 1. The molecule has 1 aromatic carbocycles. The van der Waals surface area contributed by atoms with Crippen LogP contribution in [0.25, 0.3) is 0 Å². The molecule has 0 radical (unpaired) electrons. The fourth-order valence-corrected chi connectivity index (χ4v) is 2.70. The zero-order chi connectivity index (χ0) is 13.5. The van der Waals surface area contributed by atoms with Crippen LogP contribution < -0.4 is 5.32 Å². The van der Waals surface area contributed by atoms with Crippen molar-refractivity contribution in [3.8, 4) is 0 Å². The van der Waals surface area contributed by atoms with E-state index in [4.69, 9.17) is 4.74 Å². The van der Waals surface area contributed by atoms with E-state index >= 15 is 0 Å². The number of likely N-dealkylation sites (N-methyl/N-ethyl adjacent to an activating group) is 1. The molecule has 0 aliphatic rings. The molecule has 102 valence electrons. The van der Waals surface area contributed by atoms with Crippen molar-refractivity contribution in [2.75, 3.05) is 13.7 Å². The van der Waals surface area contributed by atoms with Gasteiger partial charge < -0.3 is 10.1 Å². The number of hydrogen-bond donors (Lipinski definition) is 1. The van der Waals surface area contributed by atoms with Crippen molar-refractivity contribution < 1.29 is 4.74 Å². The molecule has 0 amide bonds. The molecule has 0 saturated carbocycles. The fraction of sp³-hybridized carbons (Fsp3) is 0.600. The number of methoxy groups -OCH3 is 1. The molecule has 0 fully saturated rings. The summed E-state index contributed by atoms with van der Waals surface area (Å²) < 4.78 is 6.94. The van der Waals surface area contributed by atoms with Gasteiger partial charge in [-0.05, 0) is 59.2 Å². The summed E-state index contributed by atoms with van der Waals surface area (Å²) in [6.45, 7) is 7.55. The number of nitrogens with one attached hydrogen (secondary N) is 1. The molecular weight excluding hydrogens is 337 g/mol. The van der Waals surface area contributed by atoms with Crippen LogP contribution in [0.1, 0.15) is 26.3 Å². The van der Waals surface area contributed by atoms with Crippen molar-refractivity contribution in [2.45, 2.75) is 39.3 Å². The van der Waals surface area contributed by atoms with E-state index in [1.807, 2.05) is 7.11 Å². The first-order chi connectivity index (χ1) is 8.58. The van der Waals surface area contributed by atoms with Gasteiger partial charge in [0.05, 0.1) is 6.10 Å². The Bertz CT molecular complexity index is 337. The van der Waals surface area contributed by atoms with Crippen LogP contribution in [0.15, 0.2) is 24.3 Å². The van der Waals surface area contributed by atoms with Gasteiger partial charge in [0.15, 0.2) is 0 Å². The average Bonchev–Trinajstić information content (AvgIpc) is 2.32. The Morgan fingerprint density at radius 1 is 1.22 bits per heavy atom. The summed E-state index contributed by atoms with van der Waals surface area (Å²) in [5.74, 6) is 0.517. The van der Waals surface area contributed by atoms with Crippen molar-refractivity contribution in [2.24, 2.45) is 5.92 Å². The zero-order valence-corrected chi connectivity index (χ0v) is 13.9. The molecule has 18 heavy (non-hydrogen) atoms. The lowest BCUT2D eigenvalue weighted by atomic mass is 9.94. The highest BCUT2D eigenvalue weighted by atomic mass is 127. The van der Waals surface area contributed by atoms with E-state index in [-0.39, 0.29) is 6.10 Å².